The van der Waals surface area contributed by atoms with Crippen molar-refractivity contribution in [3.8, 4) is 27.4 Å². The summed E-state index contributed by atoms with van der Waals surface area (Å²) in [5.41, 5.74) is 3.49. The fourth-order valence-corrected chi connectivity index (χ4v) is 3.67. The van der Waals surface area contributed by atoms with Gasteiger partial charge in [-0.3, -0.25) is 0 Å². The highest BCUT2D eigenvalue weighted by Gasteiger charge is 2.07. The molecular formula is C23H26N2OS. The molecule has 0 aliphatic rings. The Balaban J connectivity index is 1.64. The van der Waals surface area contributed by atoms with E-state index in [4.69, 9.17) is 4.74 Å². The summed E-state index contributed by atoms with van der Waals surface area (Å²) in [6, 6.07) is 16.8. The number of benzene rings is 2. The minimum atomic E-state index is 0.604. The smallest absolute Gasteiger partial charge is 0.147 e. The minimum Gasteiger partial charge on any atom is -0.490 e. The predicted octanol–water partition coefficient (Wildman–Crippen LogP) is 6.56. The van der Waals surface area contributed by atoms with Crippen molar-refractivity contribution in [2.75, 3.05) is 6.61 Å². The van der Waals surface area contributed by atoms with Crippen LogP contribution in [0.2, 0.25) is 0 Å². The maximum atomic E-state index is 5.65. The van der Waals surface area contributed by atoms with Crippen molar-refractivity contribution < 1.29 is 4.74 Å². The highest BCUT2D eigenvalue weighted by molar-refractivity contribution is 7.14. The SMILES string of the molecule is C/C=C/COc1ccc(-c2ccc(-c3nnc(CCCCC)s3)cc2)cc1. The van der Waals surface area contributed by atoms with Gasteiger partial charge in [-0.25, -0.2) is 0 Å². The van der Waals surface area contributed by atoms with Gasteiger partial charge in [0.1, 0.15) is 22.4 Å². The number of ether oxygens (including phenoxy) is 1. The Kier molecular flexibility index (Phi) is 7.17. The lowest BCUT2D eigenvalue weighted by molar-refractivity contribution is 0.363. The topological polar surface area (TPSA) is 35.0 Å². The standard InChI is InChI=1S/C23H26N2OS/c1-3-5-7-8-22-24-25-23(27-22)20-11-9-18(10-12-20)19-13-15-21(16-14-19)26-17-6-4-2/h4,6,9-16H,3,5,7-8,17H2,1-2H3/b6-4+. The summed E-state index contributed by atoms with van der Waals surface area (Å²) in [4.78, 5) is 0. The van der Waals surface area contributed by atoms with Gasteiger partial charge in [-0.15, -0.1) is 10.2 Å². The summed E-state index contributed by atoms with van der Waals surface area (Å²) >= 11 is 1.71. The number of aryl methyl sites for hydroxylation is 1. The molecule has 3 aromatic rings. The highest BCUT2D eigenvalue weighted by atomic mass is 32.1. The van der Waals surface area contributed by atoms with Crippen molar-refractivity contribution in [3.63, 3.8) is 0 Å². The first-order valence-electron chi connectivity index (χ1n) is 9.57. The van der Waals surface area contributed by atoms with Crippen LogP contribution in [0.25, 0.3) is 21.7 Å². The first kappa shape index (κ1) is 19.3. The van der Waals surface area contributed by atoms with Crippen molar-refractivity contribution in [2.24, 2.45) is 0 Å². The molecule has 1 heterocycles. The van der Waals surface area contributed by atoms with Gasteiger partial charge in [-0.2, -0.15) is 0 Å². The van der Waals surface area contributed by atoms with Crippen LogP contribution in [0.3, 0.4) is 0 Å². The van der Waals surface area contributed by atoms with E-state index in [1.165, 1.54) is 30.4 Å². The molecule has 0 N–H and O–H groups in total. The van der Waals surface area contributed by atoms with Crippen LogP contribution in [-0.4, -0.2) is 16.8 Å². The van der Waals surface area contributed by atoms with Crippen molar-refractivity contribution in [1.29, 1.82) is 0 Å². The second-order valence-corrected chi connectivity index (χ2v) is 7.50. The third kappa shape index (κ3) is 5.51. The van der Waals surface area contributed by atoms with Crippen LogP contribution in [0.1, 0.15) is 38.1 Å². The van der Waals surface area contributed by atoms with Gasteiger partial charge in [0.25, 0.3) is 0 Å². The van der Waals surface area contributed by atoms with E-state index in [9.17, 15) is 0 Å². The third-order valence-electron chi connectivity index (χ3n) is 4.36. The number of unbranched alkanes of at least 4 members (excludes halogenated alkanes) is 2. The summed E-state index contributed by atoms with van der Waals surface area (Å²) in [6.07, 6.45) is 8.70. The maximum absolute atomic E-state index is 5.65. The minimum absolute atomic E-state index is 0.604. The number of allylic oxidation sites excluding steroid dienone is 1. The summed E-state index contributed by atoms with van der Waals surface area (Å²) < 4.78 is 5.65. The lowest BCUT2D eigenvalue weighted by atomic mass is 10.0. The number of nitrogens with zero attached hydrogens (tertiary/aromatic N) is 2. The van der Waals surface area contributed by atoms with Crippen LogP contribution in [0, 0.1) is 0 Å². The fourth-order valence-electron chi connectivity index (χ4n) is 2.79. The second-order valence-electron chi connectivity index (χ2n) is 6.44. The van der Waals surface area contributed by atoms with E-state index in [1.807, 2.05) is 31.2 Å². The first-order valence-corrected chi connectivity index (χ1v) is 10.4. The summed E-state index contributed by atoms with van der Waals surface area (Å²) in [6.45, 7) is 4.81. The quantitative estimate of drug-likeness (QED) is 0.312. The molecule has 0 spiro atoms. The van der Waals surface area contributed by atoms with E-state index < -0.39 is 0 Å². The van der Waals surface area contributed by atoms with Gasteiger partial charge in [0.15, 0.2) is 0 Å². The molecule has 4 heteroatoms. The molecule has 1 aromatic heterocycles. The van der Waals surface area contributed by atoms with Gasteiger partial charge in [0.2, 0.25) is 0 Å². The van der Waals surface area contributed by atoms with Gasteiger partial charge in [0.05, 0.1) is 0 Å². The Morgan fingerprint density at radius 3 is 2.22 bits per heavy atom. The molecule has 0 aliphatic carbocycles. The van der Waals surface area contributed by atoms with Crippen molar-refractivity contribution in [3.05, 3.63) is 65.7 Å². The molecule has 3 nitrogen and oxygen atoms in total. The molecule has 0 saturated heterocycles. The number of hydrogen-bond donors (Lipinski definition) is 0. The summed E-state index contributed by atoms with van der Waals surface area (Å²) in [5.74, 6) is 0.887. The first-order chi connectivity index (χ1) is 13.3. The number of rotatable bonds is 9. The van der Waals surface area contributed by atoms with E-state index >= 15 is 0 Å². The molecule has 0 atom stereocenters. The van der Waals surface area contributed by atoms with E-state index in [-0.39, 0.29) is 0 Å². The van der Waals surface area contributed by atoms with E-state index in [2.05, 4.69) is 53.5 Å². The molecule has 0 aliphatic heterocycles. The van der Waals surface area contributed by atoms with Crippen LogP contribution >= 0.6 is 11.3 Å². The number of hydrogen-bond acceptors (Lipinski definition) is 4. The summed E-state index contributed by atoms with van der Waals surface area (Å²) in [7, 11) is 0. The molecule has 0 saturated carbocycles. The Labute approximate surface area is 165 Å². The van der Waals surface area contributed by atoms with Crippen LogP contribution < -0.4 is 4.74 Å². The zero-order valence-electron chi connectivity index (χ0n) is 16.0. The Morgan fingerprint density at radius 2 is 1.56 bits per heavy atom. The normalized spacial score (nSPS) is 11.2. The van der Waals surface area contributed by atoms with Gasteiger partial charge >= 0.3 is 0 Å². The van der Waals surface area contributed by atoms with E-state index in [1.54, 1.807) is 11.3 Å². The highest BCUT2D eigenvalue weighted by Crippen LogP contribution is 2.28. The van der Waals surface area contributed by atoms with Crippen molar-refractivity contribution in [1.82, 2.24) is 10.2 Å². The Bertz CT molecular complexity index is 851. The largest absolute Gasteiger partial charge is 0.490 e. The monoisotopic (exact) mass is 378 g/mol. The molecule has 0 fully saturated rings. The van der Waals surface area contributed by atoms with Crippen LogP contribution in [0.5, 0.6) is 5.75 Å². The zero-order valence-corrected chi connectivity index (χ0v) is 16.8. The molecule has 3 rings (SSSR count). The molecule has 0 amide bonds. The van der Waals surface area contributed by atoms with E-state index in [0.29, 0.717) is 6.61 Å². The molecule has 0 bridgehead atoms. The Morgan fingerprint density at radius 1 is 0.889 bits per heavy atom. The molecule has 0 unspecified atom stereocenters. The van der Waals surface area contributed by atoms with E-state index in [0.717, 1.165) is 27.7 Å². The predicted molar refractivity (Wildman–Crippen MR) is 114 cm³/mol. The lowest BCUT2D eigenvalue weighted by Gasteiger charge is -2.06. The average Bonchev–Trinajstić information content (AvgIpc) is 3.18. The van der Waals surface area contributed by atoms with Crippen molar-refractivity contribution >= 4 is 11.3 Å². The van der Waals surface area contributed by atoms with Gasteiger partial charge < -0.3 is 4.74 Å². The molecular weight excluding hydrogens is 352 g/mol. The molecule has 140 valence electrons. The zero-order chi connectivity index (χ0) is 18.9. The molecule has 0 radical (unpaired) electrons. The average molecular weight is 379 g/mol. The van der Waals surface area contributed by atoms with Gasteiger partial charge in [0, 0.05) is 12.0 Å². The molecule has 2 aromatic carbocycles. The number of aromatic nitrogens is 2. The fraction of sp³-hybridized carbons (Fsp3) is 0.304. The third-order valence-corrected chi connectivity index (χ3v) is 5.39. The van der Waals surface area contributed by atoms with Crippen LogP contribution in [0.4, 0.5) is 0 Å². The second kappa shape index (κ2) is 10.0. The van der Waals surface area contributed by atoms with Gasteiger partial charge in [-0.05, 0) is 36.6 Å². The Hall–Kier alpha value is -2.46. The molecule has 27 heavy (non-hydrogen) atoms. The lowest BCUT2D eigenvalue weighted by Crippen LogP contribution is -1.92. The van der Waals surface area contributed by atoms with Crippen LogP contribution in [0.15, 0.2) is 60.7 Å². The maximum Gasteiger partial charge on any atom is 0.147 e. The van der Waals surface area contributed by atoms with Crippen LogP contribution in [-0.2, 0) is 6.42 Å². The summed E-state index contributed by atoms with van der Waals surface area (Å²) in [5, 5.41) is 10.8. The van der Waals surface area contributed by atoms with Crippen molar-refractivity contribution in [2.45, 2.75) is 39.5 Å². The van der Waals surface area contributed by atoms with Gasteiger partial charge in [-0.1, -0.05) is 79.7 Å².